The van der Waals surface area contributed by atoms with Crippen molar-refractivity contribution in [1.82, 2.24) is 29.5 Å². The van der Waals surface area contributed by atoms with Gasteiger partial charge in [0.1, 0.15) is 17.0 Å². The quantitative estimate of drug-likeness (QED) is 0.761. The molecular formula is C15H16N6O. The van der Waals surface area contributed by atoms with Crippen LogP contribution in [0.3, 0.4) is 0 Å². The topological polar surface area (TPSA) is 77.1 Å². The summed E-state index contributed by atoms with van der Waals surface area (Å²) in [5.41, 5.74) is 2.95. The number of hydrogen-bond acceptors (Lipinski definition) is 5. The van der Waals surface area contributed by atoms with Crippen LogP contribution in [0.2, 0.25) is 0 Å². The zero-order valence-electron chi connectivity index (χ0n) is 12.2. The summed E-state index contributed by atoms with van der Waals surface area (Å²) < 4.78 is 3.44. The van der Waals surface area contributed by atoms with Crippen molar-refractivity contribution in [2.75, 3.05) is 6.54 Å². The van der Waals surface area contributed by atoms with Crippen LogP contribution < -0.4 is 10.9 Å². The Bertz CT molecular complexity index is 876. The molecule has 22 heavy (non-hydrogen) atoms. The van der Waals surface area contributed by atoms with Gasteiger partial charge in [0.2, 0.25) is 0 Å². The second-order valence-electron chi connectivity index (χ2n) is 5.51. The highest BCUT2D eigenvalue weighted by Gasteiger charge is 2.21. The van der Waals surface area contributed by atoms with E-state index in [1.54, 1.807) is 24.7 Å². The van der Waals surface area contributed by atoms with E-state index in [0.29, 0.717) is 11.4 Å². The molecule has 0 saturated carbocycles. The maximum absolute atomic E-state index is 12.4. The molecule has 1 fully saturated rings. The predicted molar refractivity (Wildman–Crippen MR) is 81.4 cm³/mol. The zero-order chi connectivity index (χ0) is 15.1. The van der Waals surface area contributed by atoms with Gasteiger partial charge in [0, 0.05) is 43.3 Å². The van der Waals surface area contributed by atoms with Crippen LogP contribution in [-0.2, 0) is 7.05 Å². The SMILES string of the molecule is Cn1c(C2CCCN2)cc(=O)n2nc(-c3cnccn3)cc12. The molecule has 0 aliphatic carbocycles. The minimum Gasteiger partial charge on any atom is -0.331 e. The third-order valence-electron chi connectivity index (χ3n) is 4.14. The van der Waals surface area contributed by atoms with Crippen molar-refractivity contribution < 1.29 is 0 Å². The van der Waals surface area contributed by atoms with Gasteiger partial charge in [-0.2, -0.15) is 9.61 Å². The van der Waals surface area contributed by atoms with E-state index in [1.807, 2.05) is 17.7 Å². The molecule has 1 atom stereocenters. The maximum atomic E-state index is 12.4. The van der Waals surface area contributed by atoms with Gasteiger partial charge in [0.25, 0.3) is 5.56 Å². The average molecular weight is 296 g/mol. The number of rotatable bonds is 2. The highest BCUT2D eigenvalue weighted by atomic mass is 16.1. The van der Waals surface area contributed by atoms with Crippen LogP contribution in [0.1, 0.15) is 24.6 Å². The molecule has 0 radical (unpaired) electrons. The van der Waals surface area contributed by atoms with Crippen LogP contribution in [0.5, 0.6) is 0 Å². The van der Waals surface area contributed by atoms with Crippen molar-refractivity contribution >= 4 is 5.65 Å². The highest BCUT2D eigenvalue weighted by molar-refractivity contribution is 5.60. The normalized spacial score (nSPS) is 18.1. The van der Waals surface area contributed by atoms with Gasteiger partial charge >= 0.3 is 0 Å². The van der Waals surface area contributed by atoms with Crippen molar-refractivity contribution in [2.24, 2.45) is 7.05 Å². The first-order chi connectivity index (χ1) is 10.7. The lowest BCUT2D eigenvalue weighted by atomic mass is 10.1. The van der Waals surface area contributed by atoms with Crippen molar-refractivity contribution in [3.63, 3.8) is 0 Å². The Hall–Kier alpha value is -2.54. The molecule has 0 bridgehead atoms. The summed E-state index contributed by atoms with van der Waals surface area (Å²) in [7, 11) is 1.96. The summed E-state index contributed by atoms with van der Waals surface area (Å²) >= 11 is 0. The number of aryl methyl sites for hydroxylation is 1. The second kappa shape index (κ2) is 5.03. The average Bonchev–Trinajstić information content (AvgIpc) is 3.21. The van der Waals surface area contributed by atoms with E-state index >= 15 is 0 Å². The van der Waals surface area contributed by atoms with E-state index < -0.39 is 0 Å². The molecule has 1 saturated heterocycles. The van der Waals surface area contributed by atoms with Crippen LogP contribution in [0.15, 0.2) is 35.5 Å². The minimum atomic E-state index is -0.119. The highest BCUT2D eigenvalue weighted by Crippen LogP contribution is 2.23. The molecule has 0 aromatic carbocycles. The number of hydrogen-bond donors (Lipinski definition) is 1. The van der Waals surface area contributed by atoms with E-state index in [9.17, 15) is 4.79 Å². The molecule has 3 aromatic heterocycles. The standard InChI is InChI=1S/C15H16N6O/c1-20-13(10-3-2-4-17-10)8-15(22)21-14(20)7-11(19-21)12-9-16-5-6-18-12/h5-10,17H,2-4H2,1H3. The maximum Gasteiger partial charge on any atom is 0.274 e. The number of nitrogens with zero attached hydrogens (tertiary/aromatic N) is 5. The summed E-state index contributed by atoms with van der Waals surface area (Å²) in [6.07, 6.45) is 7.06. The fraction of sp³-hybridized carbons (Fsp3) is 0.333. The zero-order valence-corrected chi connectivity index (χ0v) is 12.2. The van der Waals surface area contributed by atoms with Gasteiger partial charge in [-0.3, -0.25) is 14.8 Å². The van der Waals surface area contributed by atoms with Crippen LogP contribution in [0, 0.1) is 0 Å². The predicted octanol–water partition coefficient (Wildman–Crippen LogP) is 0.914. The molecule has 1 N–H and O–H groups in total. The lowest BCUT2D eigenvalue weighted by molar-refractivity contribution is 0.590. The lowest BCUT2D eigenvalue weighted by Crippen LogP contribution is -2.24. The molecule has 1 unspecified atom stereocenters. The minimum absolute atomic E-state index is 0.119. The molecule has 4 heterocycles. The molecule has 4 rings (SSSR count). The van der Waals surface area contributed by atoms with Crippen molar-refractivity contribution in [3.05, 3.63) is 46.8 Å². The van der Waals surface area contributed by atoms with E-state index in [0.717, 1.165) is 30.7 Å². The van der Waals surface area contributed by atoms with Gasteiger partial charge in [-0.15, -0.1) is 0 Å². The fourth-order valence-electron chi connectivity index (χ4n) is 3.02. The molecule has 3 aromatic rings. The lowest BCUT2D eigenvalue weighted by Gasteiger charge is -2.16. The Morgan fingerprint density at radius 3 is 2.91 bits per heavy atom. The van der Waals surface area contributed by atoms with E-state index in [2.05, 4.69) is 20.4 Å². The van der Waals surface area contributed by atoms with Gasteiger partial charge in [-0.25, -0.2) is 0 Å². The summed E-state index contributed by atoms with van der Waals surface area (Å²) in [6.45, 7) is 0.994. The van der Waals surface area contributed by atoms with Gasteiger partial charge in [-0.1, -0.05) is 0 Å². The van der Waals surface area contributed by atoms with E-state index in [-0.39, 0.29) is 11.6 Å². The van der Waals surface area contributed by atoms with E-state index in [1.165, 1.54) is 4.52 Å². The Balaban J connectivity index is 1.90. The second-order valence-corrected chi connectivity index (χ2v) is 5.51. The van der Waals surface area contributed by atoms with E-state index in [4.69, 9.17) is 0 Å². The molecule has 1 aliphatic rings. The smallest absolute Gasteiger partial charge is 0.274 e. The Morgan fingerprint density at radius 1 is 1.27 bits per heavy atom. The largest absolute Gasteiger partial charge is 0.331 e. The first-order valence-corrected chi connectivity index (χ1v) is 7.33. The van der Waals surface area contributed by atoms with Gasteiger partial charge in [0.15, 0.2) is 0 Å². The van der Waals surface area contributed by atoms with Crippen molar-refractivity contribution in [2.45, 2.75) is 18.9 Å². The molecule has 112 valence electrons. The van der Waals surface area contributed by atoms with Crippen LogP contribution in [0.25, 0.3) is 17.0 Å². The summed E-state index contributed by atoms with van der Waals surface area (Å²) in [6, 6.07) is 3.78. The summed E-state index contributed by atoms with van der Waals surface area (Å²) in [5, 5.41) is 7.80. The summed E-state index contributed by atoms with van der Waals surface area (Å²) in [5.74, 6) is 0. The van der Waals surface area contributed by atoms with Gasteiger partial charge in [0.05, 0.1) is 6.20 Å². The number of fused-ring (bicyclic) bond motifs is 1. The van der Waals surface area contributed by atoms with Crippen LogP contribution in [-0.4, -0.2) is 30.7 Å². The molecule has 1 aliphatic heterocycles. The third kappa shape index (κ3) is 2.01. The summed E-state index contributed by atoms with van der Waals surface area (Å²) in [4.78, 5) is 20.7. The molecular weight excluding hydrogens is 280 g/mol. The molecule has 0 spiro atoms. The van der Waals surface area contributed by atoms with Crippen molar-refractivity contribution in [1.29, 1.82) is 0 Å². The third-order valence-corrected chi connectivity index (χ3v) is 4.14. The van der Waals surface area contributed by atoms with Crippen LogP contribution in [0.4, 0.5) is 0 Å². The number of nitrogens with one attached hydrogen (secondary N) is 1. The molecule has 0 amide bonds. The molecule has 7 heteroatoms. The number of aromatic nitrogens is 5. The Morgan fingerprint density at radius 2 is 2.18 bits per heavy atom. The van der Waals surface area contributed by atoms with Gasteiger partial charge in [-0.05, 0) is 19.4 Å². The monoisotopic (exact) mass is 296 g/mol. The Labute approximate surface area is 126 Å². The Kier molecular flexibility index (Phi) is 3.00. The van der Waals surface area contributed by atoms with Crippen LogP contribution >= 0.6 is 0 Å². The fourth-order valence-corrected chi connectivity index (χ4v) is 3.02. The molecule has 7 nitrogen and oxygen atoms in total. The first kappa shape index (κ1) is 13.1. The van der Waals surface area contributed by atoms with Gasteiger partial charge < -0.3 is 9.88 Å². The first-order valence-electron chi connectivity index (χ1n) is 7.33. The van der Waals surface area contributed by atoms with Crippen molar-refractivity contribution in [3.8, 4) is 11.4 Å².